The van der Waals surface area contributed by atoms with Gasteiger partial charge in [-0.2, -0.15) is 26.3 Å². The van der Waals surface area contributed by atoms with Gasteiger partial charge in [-0.3, -0.25) is 19.7 Å². The number of hydrogen-bond donors (Lipinski definition) is 2. The van der Waals surface area contributed by atoms with Crippen LogP contribution in [0.5, 0.6) is 0 Å². The number of nitro groups is 1. The lowest BCUT2D eigenvalue weighted by molar-refractivity contribution is -0.384. The van der Waals surface area contributed by atoms with Gasteiger partial charge in [-0.15, -0.1) is 0 Å². The van der Waals surface area contributed by atoms with Crippen LogP contribution in [0.25, 0.3) is 0 Å². The Morgan fingerprint density at radius 2 is 1.51 bits per heavy atom. The predicted octanol–water partition coefficient (Wildman–Crippen LogP) is 4.55. The second kappa shape index (κ2) is 11.3. The van der Waals surface area contributed by atoms with Crippen LogP contribution < -0.4 is 5.32 Å². The number of carboxylic acid groups (broad SMARTS) is 1. The molecule has 0 unspecified atom stereocenters. The minimum Gasteiger partial charge on any atom is -0.480 e. The third-order valence-corrected chi connectivity index (χ3v) is 5.03. The monoisotopic (exact) mass is 536 g/mol. The number of rotatable bonds is 9. The topological polar surface area (TPSA) is 136 Å². The van der Waals surface area contributed by atoms with Crippen LogP contribution >= 0.6 is 0 Å². The molecule has 15 heteroatoms. The van der Waals surface area contributed by atoms with Gasteiger partial charge < -0.3 is 15.2 Å². The Kier molecular flexibility index (Phi) is 8.85. The van der Waals surface area contributed by atoms with Crippen LogP contribution in [0.3, 0.4) is 0 Å². The van der Waals surface area contributed by atoms with Gasteiger partial charge in [-0.05, 0) is 30.7 Å². The first-order valence-electron chi connectivity index (χ1n) is 10.3. The molecular formula is C22H18F6N2O7. The van der Waals surface area contributed by atoms with Gasteiger partial charge in [0.25, 0.3) is 11.6 Å². The second-order valence-corrected chi connectivity index (χ2v) is 7.55. The maximum atomic E-state index is 13.2. The summed E-state index contributed by atoms with van der Waals surface area (Å²) in [4.78, 5) is 47.0. The SMILES string of the molecule is CCOC(=O)C[C@@H](c1ccc([N+](=O)[O-])cc1)[C@H](NC(=O)c1cc(C(F)(F)F)cc(C(F)(F)F)c1)C(=O)O. The van der Waals surface area contributed by atoms with Crippen LogP contribution in [0.15, 0.2) is 42.5 Å². The summed E-state index contributed by atoms with van der Waals surface area (Å²) >= 11 is 0. The molecule has 0 saturated heterocycles. The zero-order valence-corrected chi connectivity index (χ0v) is 18.7. The maximum Gasteiger partial charge on any atom is 0.416 e. The van der Waals surface area contributed by atoms with E-state index in [1.807, 2.05) is 5.32 Å². The van der Waals surface area contributed by atoms with E-state index >= 15 is 0 Å². The zero-order valence-electron chi connectivity index (χ0n) is 18.7. The van der Waals surface area contributed by atoms with Crippen LogP contribution in [0.4, 0.5) is 32.0 Å². The zero-order chi connectivity index (χ0) is 28.1. The number of carbonyl (C=O) groups is 3. The van der Waals surface area contributed by atoms with Crippen molar-refractivity contribution >= 4 is 23.5 Å². The fourth-order valence-electron chi connectivity index (χ4n) is 3.32. The number of carbonyl (C=O) groups excluding carboxylic acids is 2. The molecule has 0 aliphatic heterocycles. The molecule has 2 aromatic carbocycles. The average molecular weight is 536 g/mol. The number of carboxylic acids is 1. The van der Waals surface area contributed by atoms with Crippen molar-refractivity contribution in [2.45, 2.75) is 37.7 Å². The van der Waals surface area contributed by atoms with Crippen molar-refractivity contribution in [2.75, 3.05) is 6.61 Å². The fourth-order valence-corrected chi connectivity index (χ4v) is 3.32. The van der Waals surface area contributed by atoms with E-state index in [-0.39, 0.29) is 30.4 Å². The first-order valence-corrected chi connectivity index (χ1v) is 10.3. The van der Waals surface area contributed by atoms with E-state index < -0.39 is 75.9 Å². The number of esters is 1. The summed E-state index contributed by atoms with van der Waals surface area (Å²) in [5, 5.41) is 22.5. The summed E-state index contributed by atoms with van der Waals surface area (Å²) in [6.45, 7) is 1.33. The number of nitro benzene ring substituents is 1. The predicted molar refractivity (Wildman–Crippen MR) is 112 cm³/mol. The molecule has 2 atom stereocenters. The summed E-state index contributed by atoms with van der Waals surface area (Å²) in [6, 6.07) is 2.14. The molecule has 0 heterocycles. The van der Waals surface area contributed by atoms with Crippen LogP contribution in [0, 0.1) is 10.1 Å². The molecule has 2 N–H and O–H groups in total. The lowest BCUT2D eigenvalue weighted by Crippen LogP contribution is -2.45. The van der Waals surface area contributed by atoms with E-state index in [1.165, 1.54) is 6.92 Å². The van der Waals surface area contributed by atoms with Gasteiger partial charge in [-0.25, -0.2) is 4.79 Å². The number of aliphatic carboxylic acids is 1. The molecule has 2 rings (SSSR count). The first kappa shape index (κ1) is 29.1. The Bertz CT molecular complexity index is 1150. The van der Waals surface area contributed by atoms with Crippen molar-refractivity contribution < 1.29 is 55.5 Å². The van der Waals surface area contributed by atoms with Gasteiger partial charge in [0.1, 0.15) is 6.04 Å². The molecule has 2 aromatic rings. The smallest absolute Gasteiger partial charge is 0.416 e. The Balaban J connectivity index is 2.53. The number of halogens is 6. The van der Waals surface area contributed by atoms with Gasteiger partial charge in [0, 0.05) is 23.6 Å². The molecule has 37 heavy (non-hydrogen) atoms. The molecule has 1 amide bonds. The highest BCUT2D eigenvalue weighted by Crippen LogP contribution is 2.36. The highest BCUT2D eigenvalue weighted by molar-refractivity contribution is 5.97. The number of benzene rings is 2. The van der Waals surface area contributed by atoms with Crippen LogP contribution in [-0.2, 0) is 26.7 Å². The Hall–Kier alpha value is -4.17. The number of hydrogen-bond acceptors (Lipinski definition) is 6. The molecule has 200 valence electrons. The van der Waals surface area contributed by atoms with Crippen molar-refractivity contribution in [3.8, 4) is 0 Å². The molecule has 0 spiro atoms. The van der Waals surface area contributed by atoms with Gasteiger partial charge in [0.05, 0.1) is 29.1 Å². The van der Waals surface area contributed by atoms with Gasteiger partial charge in [0.2, 0.25) is 0 Å². The summed E-state index contributed by atoms with van der Waals surface area (Å²) in [5.74, 6) is -5.79. The molecule has 0 saturated carbocycles. The molecule has 9 nitrogen and oxygen atoms in total. The molecule has 0 radical (unpaired) electrons. The highest BCUT2D eigenvalue weighted by atomic mass is 19.4. The number of nitrogens with one attached hydrogen (secondary N) is 1. The van der Waals surface area contributed by atoms with Crippen molar-refractivity contribution in [1.29, 1.82) is 0 Å². The average Bonchev–Trinajstić information content (AvgIpc) is 2.79. The van der Waals surface area contributed by atoms with Crippen LogP contribution in [-0.4, -0.2) is 40.5 Å². The third kappa shape index (κ3) is 7.65. The third-order valence-electron chi connectivity index (χ3n) is 5.03. The van der Waals surface area contributed by atoms with E-state index in [0.717, 1.165) is 24.3 Å². The minimum atomic E-state index is -5.26. The van der Waals surface area contributed by atoms with Crippen molar-refractivity contribution in [3.05, 3.63) is 74.8 Å². The van der Waals surface area contributed by atoms with E-state index in [9.17, 15) is 55.9 Å². The maximum absolute atomic E-state index is 13.2. The van der Waals surface area contributed by atoms with E-state index in [2.05, 4.69) is 0 Å². The summed E-state index contributed by atoms with van der Waals surface area (Å²) in [5.41, 5.74) is -5.12. The lowest BCUT2D eigenvalue weighted by atomic mass is 9.88. The quantitative estimate of drug-likeness (QED) is 0.208. The standard InChI is InChI=1S/C22H18F6N2O7/c1-2-37-17(31)10-16(11-3-5-15(6-4-11)30(35)36)18(20(33)34)29-19(32)12-7-13(21(23,24)25)9-14(8-12)22(26,27)28/h3-9,16,18H,2,10H2,1H3,(H,29,32)(H,33,34)/t16-,18-/m0/s1. The summed E-state index contributed by atoms with van der Waals surface area (Å²) in [7, 11) is 0. The molecule has 0 aliphatic rings. The Morgan fingerprint density at radius 3 is 1.92 bits per heavy atom. The van der Waals surface area contributed by atoms with Gasteiger partial charge in [-0.1, -0.05) is 12.1 Å². The number of ether oxygens (including phenoxy) is 1. The molecule has 0 fully saturated rings. The van der Waals surface area contributed by atoms with Crippen LogP contribution in [0.1, 0.15) is 46.3 Å². The molecular weight excluding hydrogens is 518 g/mol. The Labute approximate surface area is 204 Å². The van der Waals surface area contributed by atoms with E-state index in [1.54, 1.807) is 0 Å². The normalized spacial score (nSPS) is 13.4. The highest BCUT2D eigenvalue weighted by Gasteiger charge is 2.39. The van der Waals surface area contributed by atoms with Gasteiger partial charge in [0.15, 0.2) is 0 Å². The largest absolute Gasteiger partial charge is 0.480 e. The first-order chi connectivity index (χ1) is 17.0. The van der Waals surface area contributed by atoms with E-state index in [0.29, 0.717) is 0 Å². The van der Waals surface area contributed by atoms with Crippen molar-refractivity contribution in [1.82, 2.24) is 5.32 Å². The number of amides is 1. The lowest BCUT2D eigenvalue weighted by Gasteiger charge is -2.25. The van der Waals surface area contributed by atoms with E-state index in [4.69, 9.17) is 4.74 Å². The fraction of sp³-hybridized carbons (Fsp3) is 0.318. The summed E-state index contributed by atoms with van der Waals surface area (Å²) < 4.78 is 83.7. The number of alkyl halides is 6. The number of non-ortho nitro benzene ring substituents is 1. The van der Waals surface area contributed by atoms with Crippen molar-refractivity contribution in [2.24, 2.45) is 0 Å². The number of nitrogens with zero attached hydrogens (tertiary/aromatic N) is 1. The summed E-state index contributed by atoms with van der Waals surface area (Å²) in [6.07, 6.45) is -11.2. The van der Waals surface area contributed by atoms with Gasteiger partial charge >= 0.3 is 24.3 Å². The molecule has 0 aliphatic carbocycles. The minimum absolute atomic E-state index is 0.00799. The molecule has 0 aromatic heterocycles. The van der Waals surface area contributed by atoms with Crippen LogP contribution in [0.2, 0.25) is 0 Å². The Morgan fingerprint density at radius 1 is 1.00 bits per heavy atom. The van der Waals surface area contributed by atoms with Crippen molar-refractivity contribution in [3.63, 3.8) is 0 Å². The molecule has 0 bridgehead atoms. The second-order valence-electron chi connectivity index (χ2n) is 7.55.